The van der Waals surface area contributed by atoms with Crippen LogP contribution in [-0.4, -0.2) is 22.3 Å². The number of ether oxygens (including phenoxy) is 1. The first-order valence-electron chi connectivity index (χ1n) is 3.77. The van der Waals surface area contributed by atoms with E-state index in [1.54, 1.807) is 7.11 Å². The lowest BCUT2D eigenvalue weighted by Gasteiger charge is -2.01. The fourth-order valence-electron chi connectivity index (χ4n) is 1.20. The van der Waals surface area contributed by atoms with Crippen molar-refractivity contribution in [2.75, 3.05) is 7.11 Å². The molecule has 0 radical (unpaired) electrons. The second-order valence-electron chi connectivity index (χ2n) is 2.72. The maximum atomic E-state index is 5.10. The summed E-state index contributed by atoms with van der Waals surface area (Å²) in [6.45, 7) is 1.94. The van der Waals surface area contributed by atoms with E-state index < -0.39 is 0 Å². The maximum absolute atomic E-state index is 5.10. The van der Waals surface area contributed by atoms with Gasteiger partial charge in [-0.05, 0) is 28.9 Å². The highest BCUT2D eigenvalue weighted by atomic mass is 79.9. The van der Waals surface area contributed by atoms with Gasteiger partial charge >= 0.3 is 0 Å². The van der Waals surface area contributed by atoms with Gasteiger partial charge in [0.15, 0.2) is 0 Å². The van der Waals surface area contributed by atoms with E-state index in [2.05, 4.69) is 31.1 Å². The zero-order valence-corrected chi connectivity index (χ0v) is 8.84. The van der Waals surface area contributed by atoms with Gasteiger partial charge in [0.05, 0.1) is 7.11 Å². The number of nitrogens with one attached hydrogen (secondary N) is 1. The monoisotopic (exact) mass is 241 g/mol. The van der Waals surface area contributed by atoms with E-state index in [0.717, 1.165) is 21.2 Å². The van der Waals surface area contributed by atoms with Crippen LogP contribution in [0.1, 0.15) is 5.56 Å². The SMILES string of the molecule is COc1nc2c(Br)[nH]nc2cc1C. The van der Waals surface area contributed by atoms with Crippen LogP contribution in [0.2, 0.25) is 0 Å². The molecule has 0 spiro atoms. The molecule has 0 atom stereocenters. The standard InChI is InChI=1S/C8H8BrN3O/c1-4-3-5-6(7(9)12-11-5)10-8(4)13-2/h3H,1-2H3,(H,11,12). The van der Waals surface area contributed by atoms with Crippen molar-refractivity contribution >= 4 is 27.0 Å². The van der Waals surface area contributed by atoms with E-state index in [1.807, 2.05) is 13.0 Å². The molecule has 2 heterocycles. The van der Waals surface area contributed by atoms with Crippen LogP contribution in [0, 0.1) is 6.92 Å². The van der Waals surface area contributed by atoms with Crippen molar-refractivity contribution in [1.82, 2.24) is 15.2 Å². The molecule has 0 aliphatic heterocycles. The molecule has 0 saturated carbocycles. The number of hydrogen-bond acceptors (Lipinski definition) is 3. The number of fused-ring (bicyclic) bond motifs is 1. The first-order valence-corrected chi connectivity index (χ1v) is 4.57. The summed E-state index contributed by atoms with van der Waals surface area (Å²) < 4.78 is 5.88. The van der Waals surface area contributed by atoms with E-state index in [-0.39, 0.29) is 0 Å². The van der Waals surface area contributed by atoms with Crippen molar-refractivity contribution in [3.05, 3.63) is 16.2 Å². The first kappa shape index (κ1) is 8.50. The summed E-state index contributed by atoms with van der Waals surface area (Å²) in [6.07, 6.45) is 0. The number of methoxy groups -OCH3 is 1. The number of aromatic nitrogens is 3. The minimum absolute atomic E-state index is 0.634. The minimum atomic E-state index is 0.634. The second-order valence-corrected chi connectivity index (χ2v) is 3.51. The third-order valence-corrected chi connectivity index (χ3v) is 2.38. The Morgan fingerprint density at radius 3 is 3.00 bits per heavy atom. The average Bonchev–Trinajstić information content (AvgIpc) is 2.46. The molecule has 5 heteroatoms. The van der Waals surface area contributed by atoms with Gasteiger partial charge in [0.25, 0.3) is 0 Å². The fourth-order valence-corrected chi connectivity index (χ4v) is 1.58. The van der Waals surface area contributed by atoms with Crippen LogP contribution in [0.5, 0.6) is 5.88 Å². The van der Waals surface area contributed by atoms with Crippen LogP contribution in [0.15, 0.2) is 10.7 Å². The van der Waals surface area contributed by atoms with Crippen LogP contribution in [0.3, 0.4) is 0 Å². The van der Waals surface area contributed by atoms with Crippen LogP contribution >= 0.6 is 15.9 Å². The van der Waals surface area contributed by atoms with Crippen LogP contribution in [-0.2, 0) is 0 Å². The molecule has 2 aromatic heterocycles. The Morgan fingerprint density at radius 2 is 2.31 bits per heavy atom. The normalized spacial score (nSPS) is 10.7. The topological polar surface area (TPSA) is 50.8 Å². The summed E-state index contributed by atoms with van der Waals surface area (Å²) in [4.78, 5) is 4.29. The lowest BCUT2D eigenvalue weighted by Crippen LogP contribution is -1.90. The van der Waals surface area contributed by atoms with Crippen LogP contribution in [0.25, 0.3) is 11.0 Å². The second kappa shape index (κ2) is 2.99. The molecule has 0 amide bonds. The Kier molecular flexibility index (Phi) is 1.95. The molecule has 0 aromatic carbocycles. The number of pyridine rings is 1. The molecule has 4 nitrogen and oxygen atoms in total. The Morgan fingerprint density at radius 1 is 1.54 bits per heavy atom. The molecule has 0 saturated heterocycles. The predicted octanol–water partition coefficient (Wildman–Crippen LogP) is 2.04. The van der Waals surface area contributed by atoms with Gasteiger partial charge in [-0.15, -0.1) is 0 Å². The molecule has 0 aliphatic carbocycles. The number of aryl methyl sites for hydroxylation is 1. The highest BCUT2D eigenvalue weighted by molar-refractivity contribution is 9.10. The Hall–Kier alpha value is -1.10. The van der Waals surface area contributed by atoms with Gasteiger partial charge in [-0.25, -0.2) is 4.98 Å². The number of halogens is 1. The Bertz CT molecular complexity index is 452. The lowest BCUT2D eigenvalue weighted by molar-refractivity contribution is 0.396. The molecule has 0 bridgehead atoms. The highest BCUT2D eigenvalue weighted by Gasteiger charge is 2.08. The Labute approximate surface area is 83.4 Å². The largest absolute Gasteiger partial charge is 0.481 e. The van der Waals surface area contributed by atoms with Crippen molar-refractivity contribution in [2.24, 2.45) is 0 Å². The molecule has 0 fully saturated rings. The van der Waals surface area contributed by atoms with Gasteiger partial charge in [0, 0.05) is 5.56 Å². The minimum Gasteiger partial charge on any atom is -0.481 e. The van der Waals surface area contributed by atoms with Gasteiger partial charge in [-0.2, -0.15) is 5.10 Å². The number of rotatable bonds is 1. The lowest BCUT2D eigenvalue weighted by atomic mass is 10.3. The molecule has 0 aliphatic rings. The van der Waals surface area contributed by atoms with Gasteiger partial charge in [-0.1, -0.05) is 0 Å². The van der Waals surface area contributed by atoms with Gasteiger partial charge in [0.2, 0.25) is 5.88 Å². The van der Waals surface area contributed by atoms with Crippen molar-refractivity contribution in [3.63, 3.8) is 0 Å². The number of hydrogen-bond donors (Lipinski definition) is 1. The van der Waals surface area contributed by atoms with Crippen molar-refractivity contribution < 1.29 is 4.74 Å². The molecule has 2 rings (SSSR count). The predicted molar refractivity (Wildman–Crippen MR) is 52.9 cm³/mol. The number of aromatic amines is 1. The fraction of sp³-hybridized carbons (Fsp3) is 0.250. The molecule has 1 N–H and O–H groups in total. The summed E-state index contributed by atoms with van der Waals surface area (Å²) in [5.74, 6) is 0.634. The number of H-pyrrole nitrogens is 1. The van der Waals surface area contributed by atoms with Crippen molar-refractivity contribution in [2.45, 2.75) is 6.92 Å². The van der Waals surface area contributed by atoms with E-state index in [9.17, 15) is 0 Å². The summed E-state index contributed by atoms with van der Waals surface area (Å²) in [6, 6.07) is 1.93. The maximum Gasteiger partial charge on any atom is 0.216 e. The van der Waals surface area contributed by atoms with Crippen molar-refractivity contribution in [1.29, 1.82) is 0 Å². The quantitative estimate of drug-likeness (QED) is 0.832. The summed E-state index contributed by atoms with van der Waals surface area (Å²) in [5, 5.41) is 6.87. The zero-order valence-electron chi connectivity index (χ0n) is 7.26. The molecule has 13 heavy (non-hydrogen) atoms. The van der Waals surface area contributed by atoms with Crippen molar-refractivity contribution in [3.8, 4) is 5.88 Å². The van der Waals surface area contributed by atoms with Gasteiger partial charge in [0.1, 0.15) is 15.6 Å². The van der Waals surface area contributed by atoms with Gasteiger partial charge < -0.3 is 4.74 Å². The molecular formula is C8H8BrN3O. The first-order chi connectivity index (χ1) is 6.22. The molecule has 0 unspecified atom stereocenters. The molecule has 2 aromatic rings. The average molecular weight is 242 g/mol. The summed E-state index contributed by atoms with van der Waals surface area (Å²) in [5.41, 5.74) is 2.61. The smallest absolute Gasteiger partial charge is 0.216 e. The summed E-state index contributed by atoms with van der Waals surface area (Å²) >= 11 is 3.32. The Balaban J connectivity index is 2.77. The van der Waals surface area contributed by atoms with Crippen LogP contribution in [0.4, 0.5) is 0 Å². The summed E-state index contributed by atoms with van der Waals surface area (Å²) in [7, 11) is 1.61. The van der Waals surface area contributed by atoms with E-state index >= 15 is 0 Å². The highest BCUT2D eigenvalue weighted by Crippen LogP contribution is 2.24. The zero-order chi connectivity index (χ0) is 9.42. The number of nitrogens with zero attached hydrogens (tertiary/aromatic N) is 2. The molecule has 68 valence electrons. The van der Waals surface area contributed by atoms with E-state index in [4.69, 9.17) is 4.74 Å². The third kappa shape index (κ3) is 1.29. The third-order valence-electron chi connectivity index (χ3n) is 1.82. The van der Waals surface area contributed by atoms with Crippen LogP contribution < -0.4 is 4.74 Å². The van der Waals surface area contributed by atoms with Gasteiger partial charge in [-0.3, -0.25) is 5.10 Å². The van der Waals surface area contributed by atoms with E-state index in [0.29, 0.717) is 5.88 Å². The molecular weight excluding hydrogens is 234 g/mol. The van der Waals surface area contributed by atoms with E-state index in [1.165, 1.54) is 0 Å².